The largest absolute Gasteiger partial charge is 0.369 e. The zero-order valence-corrected chi connectivity index (χ0v) is 9.32. The molecule has 0 atom stereocenters. The van der Waals surface area contributed by atoms with E-state index < -0.39 is 0 Å². The molecule has 0 saturated heterocycles. The number of anilines is 1. The maximum absolute atomic E-state index is 5.80. The van der Waals surface area contributed by atoms with Crippen LogP contribution in [-0.4, -0.2) is 22.8 Å². The van der Waals surface area contributed by atoms with E-state index in [-0.39, 0.29) is 0 Å². The van der Waals surface area contributed by atoms with Crippen LogP contribution in [0, 0.1) is 12.3 Å². The SMILES string of the molecule is C#CCCNc1cc(Cl)nc(SC)n1. The summed E-state index contributed by atoms with van der Waals surface area (Å²) >= 11 is 7.25. The standard InChI is InChI=1S/C9H10ClN3S/c1-3-4-5-11-8-6-7(10)12-9(13-8)14-2/h1,6H,4-5H2,2H3,(H,11,12,13). The van der Waals surface area contributed by atoms with Gasteiger partial charge >= 0.3 is 0 Å². The van der Waals surface area contributed by atoms with Crippen molar-refractivity contribution in [2.45, 2.75) is 11.6 Å². The molecule has 0 aromatic carbocycles. The number of nitrogens with one attached hydrogen (secondary N) is 1. The Balaban J connectivity index is 2.67. The molecule has 1 N–H and O–H groups in total. The van der Waals surface area contributed by atoms with E-state index in [4.69, 9.17) is 18.0 Å². The molecule has 1 aromatic heterocycles. The van der Waals surface area contributed by atoms with Crippen molar-refractivity contribution < 1.29 is 0 Å². The fourth-order valence-corrected chi connectivity index (χ4v) is 1.45. The molecule has 14 heavy (non-hydrogen) atoms. The lowest BCUT2D eigenvalue weighted by molar-refractivity contribution is 0.954. The van der Waals surface area contributed by atoms with Crippen LogP contribution in [0.15, 0.2) is 11.2 Å². The molecule has 0 saturated carbocycles. The lowest BCUT2D eigenvalue weighted by atomic mass is 10.4. The lowest BCUT2D eigenvalue weighted by Crippen LogP contribution is -2.03. The molecule has 0 fully saturated rings. The number of nitrogens with zero attached hydrogens (tertiary/aromatic N) is 2. The third-order valence-electron chi connectivity index (χ3n) is 1.43. The first-order valence-corrected chi connectivity index (χ1v) is 5.62. The molecule has 0 bridgehead atoms. The summed E-state index contributed by atoms with van der Waals surface area (Å²) in [6, 6.07) is 1.68. The van der Waals surface area contributed by atoms with Crippen molar-refractivity contribution in [3.8, 4) is 12.3 Å². The maximum Gasteiger partial charge on any atom is 0.190 e. The van der Waals surface area contributed by atoms with Crippen LogP contribution in [-0.2, 0) is 0 Å². The van der Waals surface area contributed by atoms with Crippen molar-refractivity contribution in [3.63, 3.8) is 0 Å². The topological polar surface area (TPSA) is 37.8 Å². The van der Waals surface area contributed by atoms with E-state index in [2.05, 4.69) is 21.2 Å². The molecule has 1 aromatic rings. The summed E-state index contributed by atoms with van der Waals surface area (Å²) in [7, 11) is 0. The summed E-state index contributed by atoms with van der Waals surface area (Å²) in [5, 5.41) is 4.16. The van der Waals surface area contributed by atoms with Gasteiger partial charge in [0.15, 0.2) is 5.16 Å². The summed E-state index contributed by atoms with van der Waals surface area (Å²) < 4.78 is 0. The van der Waals surface area contributed by atoms with Gasteiger partial charge in [0.05, 0.1) is 0 Å². The molecule has 74 valence electrons. The maximum atomic E-state index is 5.80. The number of halogens is 1. The molecule has 0 unspecified atom stereocenters. The Labute approximate surface area is 92.7 Å². The first-order chi connectivity index (χ1) is 6.76. The van der Waals surface area contributed by atoms with Crippen LogP contribution in [0.25, 0.3) is 0 Å². The molecular formula is C9H10ClN3S. The Morgan fingerprint density at radius 1 is 1.64 bits per heavy atom. The Hall–Kier alpha value is -0.920. The number of hydrogen-bond acceptors (Lipinski definition) is 4. The first kappa shape index (κ1) is 11.2. The third kappa shape index (κ3) is 3.44. The van der Waals surface area contributed by atoms with Gasteiger partial charge < -0.3 is 5.32 Å². The van der Waals surface area contributed by atoms with Crippen molar-refractivity contribution >= 4 is 29.2 Å². The highest BCUT2D eigenvalue weighted by Crippen LogP contribution is 2.16. The van der Waals surface area contributed by atoms with Crippen LogP contribution in [0.5, 0.6) is 0 Å². The normalized spacial score (nSPS) is 9.50. The van der Waals surface area contributed by atoms with Crippen LogP contribution < -0.4 is 5.32 Å². The monoisotopic (exact) mass is 227 g/mol. The predicted molar refractivity (Wildman–Crippen MR) is 60.8 cm³/mol. The second-order valence-electron chi connectivity index (χ2n) is 2.44. The fraction of sp³-hybridized carbons (Fsp3) is 0.333. The molecule has 5 heteroatoms. The van der Waals surface area contributed by atoms with Crippen molar-refractivity contribution in [1.82, 2.24) is 9.97 Å². The number of terminal acetylenes is 1. The summed E-state index contributed by atoms with van der Waals surface area (Å²) in [6.45, 7) is 0.692. The molecule has 0 amide bonds. The second kappa shape index (κ2) is 5.74. The Morgan fingerprint density at radius 3 is 3.07 bits per heavy atom. The van der Waals surface area contributed by atoms with Gasteiger partial charge in [-0.25, -0.2) is 9.97 Å². The minimum atomic E-state index is 0.438. The number of hydrogen-bond donors (Lipinski definition) is 1. The van der Waals surface area contributed by atoms with Gasteiger partial charge in [0, 0.05) is 19.0 Å². The number of rotatable bonds is 4. The van der Waals surface area contributed by atoms with Crippen LogP contribution in [0.4, 0.5) is 5.82 Å². The predicted octanol–water partition coefficient (Wildman–Crippen LogP) is 2.29. The number of thioether (sulfide) groups is 1. The smallest absolute Gasteiger partial charge is 0.190 e. The molecule has 0 spiro atoms. The lowest BCUT2D eigenvalue weighted by Gasteiger charge is -2.04. The van der Waals surface area contributed by atoms with Gasteiger partial charge in [0.1, 0.15) is 11.0 Å². The van der Waals surface area contributed by atoms with E-state index in [1.165, 1.54) is 11.8 Å². The van der Waals surface area contributed by atoms with Gasteiger partial charge in [-0.05, 0) is 6.26 Å². The molecule has 1 heterocycles. The molecule has 0 aliphatic carbocycles. The fourth-order valence-electron chi connectivity index (χ4n) is 0.841. The van der Waals surface area contributed by atoms with E-state index in [0.717, 1.165) is 0 Å². The van der Waals surface area contributed by atoms with E-state index in [1.807, 2.05) is 6.26 Å². The minimum Gasteiger partial charge on any atom is -0.369 e. The van der Waals surface area contributed by atoms with E-state index in [1.54, 1.807) is 6.07 Å². The highest BCUT2D eigenvalue weighted by atomic mass is 35.5. The van der Waals surface area contributed by atoms with Crippen molar-refractivity contribution in [2.24, 2.45) is 0 Å². The van der Waals surface area contributed by atoms with Gasteiger partial charge in [-0.1, -0.05) is 23.4 Å². The summed E-state index contributed by atoms with van der Waals surface area (Å²) in [4.78, 5) is 8.23. The van der Waals surface area contributed by atoms with Gasteiger partial charge in [-0.2, -0.15) is 0 Å². The molecule has 0 aliphatic rings. The van der Waals surface area contributed by atoms with E-state index in [9.17, 15) is 0 Å². The Kier molecular flexibility index (Phi) is 4.57. The van der Waals surface area contributed by atoms with Crippen molar-refractivity contribution in [2.75, 3.05) is 18.1 Å². The minimum absolute atomic E-state index is 0.438. The average Bonchev–Trinajstić information content (AvgIpc) is 2.17. The zero-order valence-electron chi connectivity index (χ0n) is 7.75. The second-order valence-corrected chi connectivity index (χ2v) is 3.60. The molecular weight excluding hydrogens is 218 g/mol. The van der Waals surface area contributed by atoms with Crippen molar-refractivity contribution in [1.29, 1.82) is 0 Å². The summed E-state index contributed by atoms with van der Waals surface area (Å²) in [6.07, 6.45) is 7.69. The van der Waals surface area contributed by atoms with Crippen molar-refractivity contribution in [3.05, 3.63) is 11.2 Å². The first-order valence-electron chi connectivity index (χ1n) is 4.02. The van der Waals surface area contributed by atoms with Gasteiger partial charge in [0.2, 0.25) is 0 Å². The quantitative estimate of drug-likeness (QED) is 0.282. The van der Waals surface area contributed by atoms with Crippen LogP contribution in [0.1, 0.15) is 6.42 Å². The Bertz CT molecular complexity index is 348. The Morgan fingerprint density at radius 2 is 2.43 bits per heavy atom. The number of aromatic nitrogens is 2. The summed E-state index contributed by atoms with van der Waals surface area (Å²) in [5.74, 6) is 3.25. The van der Waals surface area contributed by atoms with Crippen LogP contribution in [0.3, 0.4) is 0 Å². The van der Waals surface area contributed by atoms with Crippen LogP contribution >= 0.6 is 23.4 Å². The van der Waals surface area contributed by atoms with E-state index in [0.29, 0.717) is 29.1 Å². The molecule has 0 radical (unpaired) electrons. The third-order valence-corrected chi connectivity index (χ3v) is 2.17. The summed E-state index contributed by atoms with van der Waals surface area (Å²) in [5.41, 5.74) is 0. The average molecular weight is 228 g/mol. The molecule has 0 aliphatic heterocycles. The molecule has 1 rings (SSSR count). The highest BCUT2D eigenvalue weighted by molar-refractivity contribution is 7.98. The van der Waals surface area contributed by atoms with Gasteiger partial charge in [-0.15, -0.1) is 12.3 Å². The molecule has 3 nitrogen and oxygen atoms in total. The van der Waals surface area contributed by atoms with Gasteiger partial charge in [0.25, 0.3) is 0 Å². The highest BCUT2D eigenvalue weighted by Gasteiger charge is 2.00. The zero-order chi connectivity index (χ0) is 10.4. The van der Waals surface area contributed by atoms with E-state index >= 15 is 0 Å². The van der Waals surface area contributed by atoms with Crippen LogP contribution in [0.2, 0.25) is 5.15 Å². The van der Waals surface area contributed by atoms with Gasteiger partial charge in [-0.3, -0.25) is 0 Å².